The van der Waals surface area contributed by atoms with Crippen LogP contribution in [0.5, 0.6) is 0 Å². The van der Waals surface area contributed by atoms with Crippen LogP contribution in [-0.4, -0.2) is 45.3 Å². The van der Waals surface area contributed by atoms with Crippen molar-refractivity contribution in [2.45, 2.75) is 91.5 Å². The fourth-order valence-corrected chi connectivity index (χ4v) is 2.44. The number of amides is 2. The van der Waals surface area contributed by atoms with E-state index in [0.717, 1.165) is 0 Å². The average molecular weight is 344 g/mol. The zero-order chi connectivity index (χ0) is 19.3. The number of rotatable bonds is 8. The van der Waals surface area contributed by atoms with Crippen molar-refractivity contribution in [3.05, 3.63) is 0 Å². The van der Waals surface area contributed by atoms with E-state index in [1.54, 1.807) is 27.7 Å². The van der Waals surface area contributed by atoms with Crippen molar-refractivity contribution in [2.75, 3.05) is 0 Å². The zero-order valence-electron chi connectivity index (χ0n) is 16.4. The molecule has 0 fully saturated rings. The third kappa shape index (κ3) is 8.64. The molecule has 0 aromatic rings. The van der Waals surface area contributed by atoms with Crippen molar-refractivity contribution in [1.82, 2.24) is 10.6 Å². The highest BCUT2D eigenvalue weighted by Gasteiger charge is 2.34. The molecule has 0 radical (unpaired) electrons. The largest absolute Gasteiger partial charge is 0.388 e. The van der Waals surface area contributed by atoms with Gasteiger partial charge in [0.15, 0.2) is 0 Å². The summed E-state index contributed by atoms with van der Waals surface area (Å²) in [6, 6.07) is -1.05. The van der Waals surface area contributed by atoms with Crippen molar-refractivity contribution in [3.8, 4) is 0 Å². The first-order chi connectivity index (χ1) is 10.6. The molecule has 6 heteroatoms. The fraction of sp³-hybridized carbons (Fsp3) is 0.889. The van der Waals surface area contributed by atoms with E-state index < -0.39 is 35.1 Å². The molecule has 0 rings (SSSR count). The van der Waals surface area contributed by atoms with Gasteiger partial charge in [0.25, 0.3) is 0 Å². The summed E-state index contributed by atoms with van der Waals surface area (Å²) in [7, 11) is 0. The summed E-state index contributed by atoms with van der Waals surface area (Å²) in [4.78, 5) is 24.4. The van der Waals surface area contributed by atoms with Crippen LogP contribution in [0.4, 0.5) is 0 Å². The van der Waals surface area contributed by atoms with E-state index in [0.29, 0.717) is 12.8 Å². The quantitative estimate of drug-likeness (QED) is 0.503. The topological polar surface area (TPSA) is 98.7 Å². The van der Waals surface area contributed by atoms with E-state index in [2.05, 4.69) is 10.6 Å². The molecule has 0 aliphatic heterocycles. The molecule has 24 heavy (non-hydrogen) atoms. The molecule has 6 nitrogen and oxygen atoms in total. The SMILES string of the molecule is CC(C)CC(NC(=O)C(=O)NC(CC(C)C)C(C)(C)O)C(C)(C)O. The van der Waals surface area contributed by atoms with Crippen molar-refractivity contribution >= 4 is 11.8 Å². The highest BCUT2D eigenvalue weighted by Crippen LogP contribution is 2.18. The Morgan fingerprint density at radius 1 is 0.750 bits per heavy atom. The number of hydrogen-bond donors (Lipinski definition) is 4. The van der Waals surface area contributed by atoms with E-state index in [4.69, 9.17) is 0 Å². The lowest BCUT2D eigenvalue weighted by atomic mass is 9.90. The van der Waals surface area contributed by atoms with Crippen LogP contribution in [0.2, 0.25) is 0 Å². The van der Waals surface area contributed by atoms with Crippen molar-refractivity contribution in [2.24, 2.45) is 11.8 Å². The summed E-state index contributed by atoms with van der Waals surface area (Å²) >= 11 is 0. The second-order valence-corrected chi connectivity index (χ2v) is 8.62. The number of carbonyl (C=O) groups is 2. The first-order valence-electron chi connectivity index (χ1n) is 8.70. The molecular formula is C18H36N2O4. The van der Waals surface area contributed by atoms with E-state index in [-0.39, 0.29) is 11.8 Å². The maximum atomic E-state index is 12.2. The molecule has 0 aliphatic carbocycles. The Morgan fingerprint density at radius 3 is 1.17 bits per heavy atom. The Kier molecular flexibility index (Phi) is 8.39. The Balaban J connectivity index is 4.98. The first-order valence-corrected chi connectivity index (χ1v) is 8.70. The van der Waals surface area contributed by atoms with Gasteiger partial charge in [0, 0.05) is 0 Å². The minimum Gasteiger partial charge on any atom is -0.388 e. The molecule has 2 unspecified atom stereocenters. The molecular weight excluding hydrogens is 308 g/mol. The second kappa shape index (κ2) is 8.81. The van der Waals surface area contributed by atoms with Gasteiger partial charge >= 0.3 is 11.8 Å². The van der Waals surface area contributed by atoms with Gasteiger partial charge in [0.1, 0.15) is 0 Å². The lowest BCUT2D eigenvalue weighted by molar-refractivity contribution is -0.142. The molecule has 0 heterocycles. The molecule has 0 aromatic heterocycles. The van der Waals surface area contributed by atoms with Gasteiger partial charge in [-0.15, -0.1) is 0 Å². The Bertz CT molecular complexity index is 380. The van der Waals surface area contributed by atoms with Crippen LogP contribution in [0.25, 0.3) is 0 Å². The van der Waals surface area contributed by atoms with E-state index in [1.165, 1.54) is 0 Å². The molecule has 0 spiro atoms. The standard InChI is InChI=1S/C18H36N2O4/c1-11(2)9-13(17(5,6)23)19-15(21)16(22)20-14(10-12(3)4)18(7,8)24/h11-14,23-24H,9-10H2,1-8H3,(H,19,21)(H,20,22). The summed E-state index contributed by atoms with van der Waals surface area (Å²) in [5.41, 5.74) is -2.26. The third-order valence-corrected chi connectivity index (χ3v) is 3.94. The van der Waals surface area contributed by atoms with Gasteiger partial charge in [-0.3, -0.25) is 9.59 Å². The van der Waals surface area contributed by atoms with E-state index in [9.17, 15) is 19.8 Å². The van der Waals surface area contributed by atoms with Gasteiger partial charge in [0.05, 0.1) is 23.3 Å². The number of aliphatic hydroxyl groups is 2. The van der Waals surface area contributed by atoms with Crippen LogP contribution in [0.1, 0.15) is 68.2 Å². The summed E-state index contributed by atoms with van der Waals surface area (Å²) < 4.78 is 0. The smallest absolute Gasteiger partial charge is 0.309 e. The monoisotopic (exact) mass is 344 g/mol. The Hall–Kier alpha value is -1.14. The van der Waals surface area contributed by atoms with Crippen LogP contribution in [0.15, 0.2) is 0 Å². The van der Waals surface area contributed by atoms with Gasteiger partial charge in [-0.1, -0.05) is 27.7 Å². The van der Waals surface area contributed by atoms with Crippen LogP contribution in [0, 0.1) is 11.8 Å². The highest BCUT2D eigenvalue weighted by atomic mass is 16.3. The van der Waals surface area contributed by atoms with Gasteiger partial charge in [0.2, 0.25) is 0 Å². The van der Waals surface area contributed by atoms with Gasteiger partial charge in [-0.2, -0.15) is 0 Å². The van der Waals surface area contributed by atoms with Crippen LogP contribution < -0.4 is 10.6 Å². The molecule has 0 aliphatic rings. The third-order valence-electron chi connectivity index (χ3n) is 3.94. The Labute approximate surface area is 146 Å². The molecule has 2 amide bonds. The molecule has 4 N–H and O–H groups in total. The maximum absolute atomic E-state index is 12.2. The number of nitrogens with one attached hydrogen (secondary N) is 2. The number of carbonyl (C=O) groups excluding carboxylic acids is 2. The predicted octanol–water partition coefficient (Wildman–Crippen LogP) is 1.59. The van der Waals surface area contributed by atoms with Crippen molar-refractivity contribution < 1.29 is 19.8 Å². The molecule has 0 bridgehead atoms. The molecule has 142 valence electrons. The first kappa shape index (κ1) is 22.9. The Morgan fingerprint density at radius 2 is 1.00 bits per heavy atom. The predicted molar refractivity (Wildman–Crippen MR) is 95.4 cm³/mol. The lowest BCUT2D eigenvalue weighted by Gasteiger charge is -2.33. The van der Waals surface area contributed by atoms with Gasteiger partial charge < -0.3 is 20.8 Å². The number of hydrogen-bond acceptors (Lipinski definition) is 4. The maximum Gasteiger partial charge on any atom is 0.309 e. The van der Waals surface area contributed by atoms with Crippen molar-refractivity contribution in [3.63, 3.8) is 0 Å². The summed E-state index contributed by atoms with van der Waals surface area (Å²) in [5, 5.41) is 25.6. The second-order valence-electron chi connectivity index (χ2n) is 8.62. The van der Waals surface area contributed by atoms with Gasteiger partial charge in [-0.25, -0.2) is 0 Å². The minimum atomic E-state index is -1.13. The van der Waals surface area contributed by atoms with E-state index in [1.807, 2.05) is 27.7 Å². The normalized spacial score (nSPS) is 15.3. The van der Waals surface area contributed by atoms with Gasteiger partial charge in [-0.05, 0) is 52.4 Å². The van der Waals surface area contributed by atoms with Crippen LogP contribution >= 0.6 is 0 Å². The summed E-state index contributed by atoms with van der Waals surface area (Å²) in [6.45, 7) is 14.4. The highest BCUT2D eigenvalue weighted by molar-refractivity contribution is 6.35. The average Bonchev–Trinajstić information content (AvgIpc) is 2.33. The molecule has 2 atom stereocenters. The van der Waals surface area contributed by atoms with Crippen LogP contribution in [0.3, 0.4) is 0 Å². The fourth-order valence-electron chi connectivity index (χ4n) is 2.44. The lowest BCUT2D eigenvalue weighted by Crippen LogP contribution is -2.57. The minimum absolute atomic E-state index is 0.259. The molecule has 0 aromatic carbocycles. The molecule has 0 saturated heterocycles. The summed E-state index contributed by atoms with van der Waals surface area (Å²) in [5.74, 6) is -1.06. The molecule has 0 saturated carbocycles. The summed E-state index contributed by atoms with van der Waals surface area (Å²) in [6.07, 6.45) is 1.12. The van der Waals surface area contributed by atoms with Crippen LogP contribution in [-0.2, 0) is 9.59 Å². The van der Waals surface area contributed by atoms with E-state index >= 15 is 0 Å². The zero-order valence-corrected chi connectivity index (χ0v) is 16.4. The van der Waals surface area contributed by atoms with Crippen molar-refractivity contribution in [1.29, 1.82) is 0 Å².